The Morgan fingerprint density at radius 3 is 1.81 bits per heavy atom. The Morgan fingerprint density at radius 2 is 1.26 bits per heavy atom. The average Bonchev–Trinajstić information content (AvgIpc) is 3.30. The van der Waals surface area contributed by atoms with Gasteiger partial charge in [-0.05, 0) is 79.1 Å². The summed E-state index contributed by atoms with van der Waals surface area (Å²) in [4.78, 5) is 108. The van der Waals surface area contributed by atoms with Crippen molar-refractivity contribution in [3.8, 4) is 5.75 Å². The van der Waals surface area contributed by atoms with E-state index >= 15 is 0 Å². The number of benzene rings is 3. The number of hydrogen-bond donors (Lipinski definition) is 10. The van der Waals surface area contributed by atoms with Gasteiger partial charge in [0.05, 0.1) is 18.6 Å². The van der Waals surface area contributed by atoms with Gasteiger partial charge in [-0.3, -0.25) is 33.6 Å². The van der Waals surface area contributed by atoms with Crippen LogP contribution in [0.25, 0.3) is 18.2 Å². The van der Waals surface area contributed by atoms with Gasteiger partial charge in [0.1, 0.15) is 41.7 Å². The number of carbonyl (C=O) groups excluding carboxylic acids is 7. The molecule has 3 rings (SSSR count). The molecule has 19 heteroatoms. The molecular weight excluding hydrogens is 903 g/mol. The predicted molar refractivity (Wildman–Crippen MR) is 262 cm³/mol. The molecule has 3 aromatic carbocycles. The molecule has 0 bridgehead atoms. The van der Waals surface area contributed by atoms with Crippen molar-refractivity contribution in [2.75, 3.05) is 7.05 Å². The zero-order valence-corrected chi connectivity index (χ0v) is 40.1. The first-order chi connectivity index (χ1) is 33.1. The molecule has 7 amide bonds. The maximum atomic E-state index is 14.5. The molecule has 70 heavy (non-hydrogen) atoms. The molecular formula is C51H65N7O12. The van der Waals surface area contributed by atoms with Crippen LogP contribution in [-0.4, -0.2) is 122 Å². The fraction of sp³-hybridized carbons (Fsp3) is 0.373. The van der Waals surface area contributed by atoms with Crippen molar-refractivity contribution in [1.82, 2.24) is 31.5 Å². The number of aliphatic carboxylic acids is 1. The van der Waals surface area contributed by atoms with Crippen LogP contribution < -0.4 is 32.3 Å². The van der Waals surface area contributed by atoms with Crippen LogP contribution in [0.1, 0.15) is 82.6 Å². The lowest BCUT2D eigenvalue weighted by Crippen LogP contribution is -2.61. The van der Waals surface area contributed by atoms with Gasteiger partial charge >= 0.3 is 5.97 Å². The van der Waals surface area contributed by atoms with Crippen molar-refractivity contribution < 1.29 is 58.8 Å². The molecule has 0 spiro atoms. The second-order valence-electron chi connectivity index (χ2n) is 17.1. The normalized spacial score (nSPS) is 14.6. The first kappa shape index (κ1) is 56.7. The number of phenols is 1. The van der Waals surface area contributed by atoms with Crippen LogP contribution in [0.4, 0.5) is 0 Å². The van der Waals surface area contributed by atoms with Gasteiger partial charge in [0, 0.05) is 19.5 Å². The number of nitrogens with zero attached hydrogens (tertiary/aromatic N) is 1. The third kappa shape index (κ3) is 18.5. The monoisotopic (exact) mass is 967 g/mol. The molecule has 376 valence electrons. The van der Waals surface area contributed by atoms with Gasteiger partial charge in [0.2, 0.25) is 29.5 Å². The third-order valence-electron chi connectivity index (χ3n) is 10.7. The van der Waals surface area contributed by atoms with E-state index in [4.69, 9.17) is 5.73 Å². The first-order valence-electron chi connectivity index (χ1n) is 22.8. The lowest BCUT2D eigenvalue weighted by Gasteiger charge is -2.29. The van der Waals surface area contributed by atoms with E-state index in [2.05, 4.69) is 33.5 Å². The Balaban J connectivity index is 1.97. The average molecular weight is 968 g/mol. The standard InChI is InChI=1S/C51H65N7O12/c1-7-8-10-17-35-18-13-14-19-36(35)22-25-43(63)56-45(32(5)60)50(68)58(6)41(28-34-20-23-37(61)24-21-34)48(66)54-38(26-30(2)3)46(64)53-39(27-33-15-11-9-12-16-33)47(65)57-44(31(4)59)49(67)55-40(51(69)70)29-42(52)62/h9-25,28,30-32,38-40,44-45,59-61H,7-8,26-27,29H2,1-6H3,(H2,52,62)(H,53,64)(H,54,66)(H,55,67)(H,56,63)(H,57,65)(H,69,70). The minimum absolute atomic E-state index is 0.00718. The first-order valence-corrected chi connectivity index (χ1v) is 22.8. The summed E-state index contributed by atoms with van der Waals surface area (Å²) in [6.45, 7) is 8.03. The number of amides is 7. The maximum absolute atomic E-state index is 14.5. The molecule has 0 fully saturated rings. The van der Waals surface area contributed by atoms with Gasteiger partial charge in [0.15, 0.2) is 0 Å². The Kier molecular flexibility index (Phi) is 22.7. The Labute approximate surface area is 407 Å². The van der Waals surface area contributed by atoms with Crippen LogP contribution in [0.2, 0.25) is 0 Å². The number of primary amides is 1. The zero-order valence-electron chi connectivity index (χ0n) is 40.1. The van der Waals surface area contributed by atoms with E-state index < -0.39 is 96.2 Å². The summed E-state index contributed by atoms with van der Waals surface area (Å²) in [7, 11) is 1.24. The molecule has 0 aliphatic carbocycles. The number of aliphatic hydroxyl groups excluding tert-OH is 2. The second kappa shape index (κ2) is 28.0. The summed E-state index contributed by atoms with van der Waals surface area (Å²) in [5.74, 6) is -8.60. The van der Waals surface area contributed by atoms with Gasteiger partial charge in [-0.2, -0.15) is 0 Å². The number of unbranched alkanes of at least 4 members (excludes halogenated alkanes) is 1. The molecule has 0 saturated heterocycles. The Bertz CT molecular complexity index is 2380. The van der Waals surface area contributed by atoms with Gasteiger partial charge in [0.25, 0.3) is 11.8 Å². The number of aliphatic hydroxyl groups is 2. The lowest BCUT2D eigenvalue weighted by atomic mass is 10.00. The highest BCUT2D eigenvalue weighted by Gasteiger charge is 2.36. The van der Waals surface area contributed by atoms with Gasteiger partial charge in [-0.25, -0.2) is 4.79 Å². The summed E-state index contributed by atoms with van der Waals surface area (Å²) in [6.07, 6.45) is 5.84. The number of carboxylic acid groups (broad SMARTS) is 1. The molecule has 0 aromatic heterocycles. The Hall–Kier alpha value is -7.64. The minimum Gasteiger partial charge on any atom is -0.508 e. The lowest BCUT2D eigenvalue weighted by molar-refractivity contribution is -0.144. The summed E-state index contributed by atoms with van der Waals surface area (Å²) in [6, 6.07) is 13.4. The van der Waals surface area contributed by atoms with Crippen molar-refractivity contribution in [2.24, 2.45) is 11.7 Å². The number of allylic oxidation sites excluding steroid dienone is 1. The fourth-order valence-corrected chi connectivity index (χ4v) is 6.91. The van der Waals surface area contributed by atoms with Crippen LogP contribution in [0.15, 0.2) is 96.7 Å². The summed E-state index contributed by atoms with van der Waals surface area (Å²) >= 11 is 0. The largest absolute Gasteiger partial charge is 0.508 e. The number of rotatable bonds is 26. The van der Waals surface area contributed by atoms with Gasteiger partial charge < -0.3 is 57.6 Å². The number of likely N-dealkylation sites (N-methyl/N-ethyl adjacent to an activating group) is 1. The van der Waals surface area contributed by atoms with E-state index in [1.54, 1.807) is 50.3 Å². The number of carbonyl (C=O) groups is 8. The highest BCUT2D eigenvalue weighted by atomic mass is 16.4. The van der Waals surface area contributed by atoms with Crippen LogP contribution >= 0.6 is 0 Å². The van der Waals surface area contributed by atoms with E-state index in [9.17, 15) is 58.8 Å². The van der Waals surface area contributed by atoms with Crippen molar-refractivity contribution in [3.63, 3.8) is 0 Å². The molecule has 0 saturated carbocycles. The van der Waals surface area contributed by atoms with Gasteiger partial charge in [-0.15, -0.1) is 0 Å². The quantitative estimate of drug-likeness (QED) is 0.0518. The highest BCUT2D eigenvalue weighted by molar-refractivity contribution is 6.05. The fourth-order valence-electron chi connectivity index (χ4n) is 6.91. The summed E-state index contributed by atoms with van der Waals surface area (Å²) < 4.78 is 0. The minimum atomic E-state index is -1.78. The Morgan fingerprint density at radius 1 is 0.686 bits per heavy atom. The van der Waals surface area contributed by atoms with Crippen molar-refractivity contribution in [3.05, 3.63) is 119 Å². The smallest absolute Gasteiger partial charge is 0.326 e. The molecule has 7 atom stereocenters. The van der Waals surface area contributed by atoms with E-state index in [1.807, 2.05) is 36.4 Å². The number of phenolic OH excluding ortho intramolecular Hbond substituents is 1. The predicted octanol–water partition coefficient (Wildman–Crippen LogP) is 2.15. The van der Waals surface area contributed by atoms with E-state index in [0.29, 0.717) is 11.1 Å². The van der Waals surface area contributed by atoms with Crippen molar-refractivity contribution >= 4 is 65.5 Å². The van der Waals surface area contributed by atoms with Crippen molar-refractivity contribution in [2.45, 2.75) is 109 Å². The third-order valence-corrected chi connectivity index (χ3v) is 10.7. The van der Waals surface area contributed by atoms with Gasteiger partial charge in [-0.1, -0.05) is 106 Å². The maximum Gasteiger partial charge on any atom is 0.326 e. The number of nitrogens with two attached hydrogens (primary N) is 1. The molecule has 7 unspecified atom stereocenters. The molecule has 0 aliphatic heterocycles. The summed E-state index contributed by atoms with van der Waals surface area (Å²) in [5, 5.41) is 53.1. The molecule has 0 aliphatic rings. The van der Waals surface area contributed by atoms with Crippen LogP contribution in [0.5, 0.6) is 5.75 Å². The van der Waals surface area contributed by atoms with E-state index in [1.165, 1.54) is 50.4 Å². The SMILES string of the molecule is CCCC=Cc1ccccc1C=CC(=O)NC(C(=O)N(C)C(=Cc1ccc(O)cc1)C(=O)NC(CC(C)C)C(=O)NC(Cc1ccccc1)C(=O)NC(C(=O)NC(CC(N)=O)C(=O)O)C(C)O)C(C)O. The van der Waals surface area contributed by atoms with Crippen LogP contribution in [0, 0.1) is 5.92 Å². The number of nitrogens with one attached hydrogen (secondary N) is 5. The molecule has 19 nitrogen and oxygen atoms in total. The molecule has 3 aromatic rings. The van der Waals surface area contributed by atoms with E-state index in [-0.39, 0.29) is 30.2 Å². The van der Waals surface area contributed by atoms with Crippen molar-refractivity contribution in [1.29, 1.82) is 0 Å². The topological polar surface area (TPSA) is 307 Å². The zero-order chi connectivity index (χ0) is 52.1. The number of aromatic hydroxyl groups is 1. The highest BCUT2D eigenvalue weighted by Crippen LogP contribution is 2.18. The molecule has 11 N–H and O–H groups in total. The molecule has 0 heterocycles. The second-order valence-corrected chi connectivity index (χ2v) is 17.1. The van der Waals surface area contributed by atoms with Crippen LogP contribution in [-0.2, 0) is 44.8 Å². The number of hydrogen-bond acceptors (Lipinski definition) is 11. The molecule has 0 radical (unpaired) electrons. The van der Waals surface area contributed by atoms with Crippen LogP contribution in [0.3, 0.4) is 0 Å². The summed E-state index contributed by atoms with van der Waals surface area (Å²) in [5.41, 5.74) is 7.26. The van der Waals surface area contributed by atoms with E-state index in [0.717, 1.165) is 35.8 Å². The number of carboxylic acids is 1.